The van der Waals surface area contributed by atoms with Gasteiger partial charge >= 0.3 is 0 Å². The number of aryl methyl sites for hydroxylation is 2. The predicted molar refractivity (Wildman–Crippen MR) is 95.0 cm³/mol. The van der Waals surface area contributed by atoms with Crippen LogP contribution < -0.4 is 10.6 Å². The van der Waals surface area contributed by atoms with Gasteiger partial charge in [-0.1, -0.05) is 46.3 Å². The number of rotatable bonds is 6. The van der Waals surface area contributed by atoms with E-state index in [1.807, 2.05) is 43.3 Å². The van der Waals surface area contributed by atoms with Crippen LogP contribution in [0.1, 0.15) is 23.1 Å². The Hall–Kier alpha value is -1.81. The second-order valence-electron chi connectivity index (χ2n) is 5.34. The molecule has 1 amide bonds. The average molecular weight is 361 g/mol. The molecule has 0 fully saturated rings. The van der Waals surface area contributed by atoms with E-state index in [4.69, 9.17) is 0 Å². The third kappa shape index (κ3) is 4.88. The molecule has 0 aliphatic carbocycles. The van der Waals surface area contributed by atoms with Gasteiger partial charge in [0.25, 0.3) is 0 Å². The molecule has 0 aromatic heterocycles. The Kier molecular flexibility index (Phi) is 6.01. The highest BCUT2D eigenvalue weighted by Gasteiger charge is 2.03. The maximum Gasteiger partial charge on any atom is 0.222 e. The molecule has 2 aromatic rings. The van der Waals surface area contributed by atoms with Gasteiger partial charge in [-0.25, -0.2) is 0 Å². The summed E-state index contributed by atoms with van der Waals surface area (Å²) in [6, 6.07) is 14.2. The van der Waals surface area contributed by atoms with E-state index in [0.29, 0.717) is 19.5 Å². The first-order valence-corrected chi connectivity index (χ1v) is 8.17. The van der Waals surface area contributed by atoms with Crippen LogP contribution in [0.25, 0.3) is 0 Å². The van der Waals surface area contributed by atoms with Crippen LogP contribution >= 0.6 is 15.9 Å². The van der Waals surface area contributed by atoms with Gasteiger partial charge in [-0.15, -0.1) is 0 Å². The summed E-state index contributed by atoms with van der Waals surface area (Å²) in [7, 11) is 0. The summed E-state index contributed by atoms with van der Waals surface area (Å²) in [4.78, 5) is 11.9. The zero-order chi connectivity index (χ0) is 15.9. The van der Waals surface area contributed by atoms with Gasteiger partial charge in [-0.2, -0.15) is 0 Å². The van der Waals surface area contributed by atoms with Gasteiger partial charge in [-0.3, -0.25) is 4.79 Å². The molecule has 116 valence electrons. The van der Waals surface area contributed by atoms with E-state index in [9.17, 15) is 4.79 Å². The molecule has 3 nitrogen and oxygen atoms in total. The zero-order valence-electron chi connectivity index (χ0n) is 12.9. The summed E-state index contributed by atoms with van der Waals surface area (Å²) in [5.74, 6) is 0.0573. The van der Waals surface area contributed by atoms with Gasteiger partial charge < -0.3 is 10.6 Å². The molecule has 2 N–H and O–H groups in total. The number of nitrogens with one attached hydrogen (secondary N) is 2. The minimum absolute atomic E-state index is 0.0573. The van der Waals surface area contributed by atoms with Gasteiger partial charge in [0.05, 0.1) is 0 Å². The van der Waals surface area contributed by atoms with Crippen molar-refractivity contribution in [1.29, 1.82) is 0 Å². The van der Waals surface area contributed by atoms with E-state index in [1.54, 1.807) is 0 Å². The largest absolute Gasteiger partial charge is 0.384 e. The summed E-state index contributed by atoms with van der Waals surface area (Å²) in [6.45, 7) is 5.31. The highest BCUT2D eigenvalue weighted by Crippen LogP contribution is 2.20. The van der Waals surface area contributed by atoms with Crippen LogP contribution in [-0.2, 0) is 11.3 Å². The van der Waals surface area contributed by atoms with Gasteiger partial charge in [-0.05, 0) is 42.7 Å². The summed E-state index contributed by atoms with van der Waals surface area (Å²) in [5.41, 5.74) is 4.57. The molecule has 0 atom stereocenters. The molecule has 0 bridgehead atoms. The van der Waals surface area contributed by atoms with Crippen molar-refractivity contribution in [3.63, 3.8) is 0 Å². The molecule has 0 saturated carbocycles. The van der Waals surface area contributed by atoms with Gasteiger partial charge in [0.2, 0.25) is 5.91 Å². The molecule has 0 saturated heterocycles. The van der Waals surface area contributed by atoms with Crippen molar-refractivity contribution in [2.24, 2.45) is 0 Å². The van der Waals surface area contributed by atoms with Crippen LogP contribution in [-0.4, -0.2) is 12.5 Å². The average Bonchev–Trinajstić information content (AvgIpc) is 2.50. The van der Waals surface area contributed by atoms with E-state index >= 15 is 0 Å². The smallest absolute Gasteiger partial charge is 0.222 e. The quantitative estimate of drug-likeness (QED) is 0.810. The predicted octanol–water partition coefficient (Wildman–Crippen LogP) is 4.18. The number of carbonyl (C=O) groups excluding carboxylic acids is 1. The maximum absolute atomic E-state index is 11.9. The lowest BCUT2D eigenvalue weighted by atomic mass is 10.1. The molecule has 0 unspecified atom stereocenters. The summed E-state index contributed by atoms with van der Waals surface area (Å²) < 4.78 is 1.07. The molecule has 0 radical (unpaired) electrons. The monoisotopic (exact) mass is 360 g/mol. The van der Waals surface area contributed by atoms with Crippen LogP contribution in [0.2, 0.25) is 0 Å². The first-order valence-electron chi connectivity index (χ1n) is 7.37. The second-order valence-corrected chi connectivity index (χ2v) is 6.20. The SMILES string of the molecule is Cc1ccc(NCCC(=O)NCc2ccccc2C)cc1Br. The number of hydrogen-bond acceptors (Lipinski definition) is 2. The van der Waals surface area contributed by atoms with Crippen molar-refractivity contribution in [2.75, 3.05) is 11.9 Å². The molecule has 2 aromatic carbocycles. The molecular weight excluding hydrogens is 340 g/mol. The van der Waals surface area contributed by atoms with Gasteiger partial charge in [0.15, 0.2) is 0 Å². The summed E-state index contributed by atoms with van der Waals surface area (Å²) >= 11 is 3.51. The number of hydrogen-bond donors (Lipinski definition) is 2. The number of halogens is 1. The number of benzene rings is 2. The van der Waals surface area contributed by atoms with E-state index in [-0.39, 0.29) is 5.91 Å². The zero-order valence-corrected chi connectivity index (χ0v) is 14.5. The number of amides is 1. The van der Waals surface area contributed by atoms with Crippen molar-refractivity contribution in [3.05, 3.63) is 63.6 Å². The van der Waals surface area contributed by atoms with Crippen LogP contribution in [0.15, 0.2) is 46.9 Å². The van der Waals surface area contributed by atoms with Crippen LogP contribution in [0, 0.1) is 13.8 Å². The fourth-order valence-electron chi connectivity index (χ4n) is 2.11. The van der Waals surface area contributed by atoms with Crippen molar-refractivity contribution in [2.45, 2.75) is 26.8 Å². The Morgan fingerprint density at radius 1 is 1.09 bits per heavy atom. The van der Waals surface area contributed by atoms with Crippen LogP contribution in [0.4, 0.5) is 5.69 Å². The molecule has 0 aliphatic heterocycles. The first-order chi connectivity index (χ1) is 10.6. The normalized spacial score (nSPS) is 10.3. The van der Waals surface area contributed by atoms with Crippen molar-refractivity contribution >= 4 is 27.5 Å². The Bertz CT molecular complexity index is 655. The minimum atomic E-state index is 0.0573. The third-order valence-corrected chi connectivity index (χ3v) is 4.44. The Balaban J connectivity index is 1.74. The van der Waals surface area contributed by atoms with Crippen molar-refractivity contribution < 1.29 is 4.79 Å². The van der Waals surface area contributed by atoms with Crippen molar-refractivity contribution in [3.8, 4) is 0 Å². The third-order valence-electron chi connectivity index (χ3n) is 3.59. The van der Waals surface area contributed by atoms with Crippen molar-refractivity contribution in [1.82, 2.24) is 5.32 Å². The highest BCUT2D eigenvalue weighted by molar-refractivity contribution is 9.10. The molecule has 4 heteroatoms. The fraction of sp³-hybridized carbons (Fsp3) is 0.278. The van der Waals surface area contributed by atoms with Crippen LogP contribution in [0.3, 0.4) is 0 Å². The lowest BCUT2D eigenvalue weighted by Crippen LogP contribution is -2.25. The minimum Gasteiger partial charge on any atom is -0.384 e. The highest BCUT2D eigenvalue weighted by atomic mass is 79.9. The molecule has 0 spiro atoms. The maximum atomic E-state index is 11.9. The molecule has 2 rings (SSSR count). The van der Waals surface area contributed by atoms with Gasteiger partial charge in [0, 0.05) is 29.7 Å². The van der Waals surface area contributed by atoms with E-state index in [2.05, 4.69) is 39.6 Å². The first kappa shape index (κ1) is 16.6. The van der Waals surface area contributed by atoms with Gasteiger partial charge in [0.1, 0.15) is 0 Å². The molecule has 0 heterocycles. The topological polar surface area (TPSA) is 41.1 Å². The number of anilines is 1. The molecule has 0 aliphatic rings. The molecular formula is C18H21BrN2O. The Morgan fingerprint density at radius 2 is 1.86 bits per heavy atom. The lowest BCUT2D eigenvalue weighted by Gasteiger charge is -2.10. The lowest BCUT2D eigenvalue weighted by molar-refractivity contribution is -0.121. The fourth-order valence-corrected chi connectivity index (χ4v) is 2.49. The standard InChI is InChI=1S/C18H21BrN2O/c1-13-5-3-4-6-15(13)12-21-18(22)9-10-20-16-8-7-14(2)17(19)11-16/h3-8,11,20H,9-10,12H2,1-2H3,(H,21,22). The Labute approximate surface area is 140 Å². The summed E-state index contributed by atoms with van der Waals surface area (Å²) in [5, 5.41) is 6.22. The van der Waals surface area contributed by atoms with Crippen LogP contribution in [0.5, 0.6) is 0 Å². The molecule has 22 heavy (non-hydrogen) atoms. The van der Waals surface area contributed by atoms with E-state index in [0.717, 1.165) is 15.7 Å². The Morgan fingerprint density at radius 3 is 2.59 bits per heavy atom. The van der Waals surface area contributed by atoms with E-state index in [1.165, 1.54) is 11.1 Å². The van der Waals surface area contributed by atoms with E-state index < -0.39 is 0 Å². The summed E-state index contributed by atoms with van der Waals surface area (Å²) in [6.07, 6.45) is 0.456. The second kappa shape index (κ2) is 7.99. The number of carbonyl (C=O) groups is 1.